The summed E-state index contributed by atoms with van der Waals surface area (Å²) in [6.45, 7) is 5.18. The van der Waals surface area contributed by atoms with Crippen molar-refractivity contribution in [1.29, 1.82) is 0 Å². The van der Waals surface area contributed by atoms with E-state index in [-0.39, 0.29) is 23.6 Å². The van der Waals surface area contributed by atoms with Crippen molar-refractivity contribution in [3.8, 4) is 0 Å². The Hall–Kier alpha value is -1.54. The van der Waals surface area contributed by atoms with Crippen molar-refractivity contribution in [3.05, 3.63) is 10.6 Å². The second kappa shape index (κ2) is 5.83. The summed E-state index contributed by atoms with van der Waals surface area (Å²) < 4.78 is 0. The molecule has 7 nitrogen and oxygen atoms in total. The molecule has 0 aromatic heterocycles. The van der Waals surface area contributed by atoms with Crippen LogP contribution >= 0.6 is 11.8 Å². The highest BCUT2D eigenvalue weighted by Gasteiger charge is 2.60. The van der Waals surface area contributed by atoms with Crippen molar-refractivity contribution in [3.63, 3.8) is 0 Å². The lowest BCUT2D eigenvalue weighted by molar-refractivity contribution is -0.163. The van der Waals surface area contributed by atoms with E-state index in [9.17, 15) is 19.8 Å². The van der Waals surface area contributed by atoms with Crippen molar-refractivity contribution in [2.45, 2.75) is 31.2 Å². The number of amides is 1. The van der Waals surface area contributed by atoms with Gasteiger partial charge in [0, 0.05) is 36.2 Å². The van der Waals surface area contributed by atoms with Crippen LogP contribution < -0.4 is 0 Å². The van der Waals surface area contributed by atoms with Crippen molar-refractivity contribution < 1.29 is 19.8 Å². The fourth-order valence-corrected chi connectivity index (χ4v) is 5.20. The van der Waals surface area contributed by atoms with Gasteiger partial charge in [-0.1, -0.05) is 6.92 Å². The number of aliphatic carboxylic acids is 1. The fraction of sp³-hybridized carbons (Fsp3) is 0.667. The van der Waals surface area contributed by atoms with Gasteiger partial charge in [-0.25, -0.2) is 4.79 Å². The SMILES string of the molecule is CN=CN1CC(SC2=C(C(=O)O)N3C(=O)[C@H]([C@@H](C)O)[C@H]3[C@H]2C)C1. The fourth-order valence-electron chi connectivity index (χ4n) is 3.66. The standard InChI is InChI=1S/C15H21N3O4S/c1-7-11-10(8(2)19)14(20)18(11)12(15(21)22)13(7)23-9-4-17(5-9)6-16-3/h6-11,19H,4-5H2,1-3H3,(H,21,22)/t7-,8-,10-,11-/m1/s1. The number of aliphatic hydroxyl groups excluding tert-OH is 1. The zero-order valence-corrected chi connectivity index (χ0v) is 14.2. The largest absolute Gasteiger partial charge is 0.477 e. The van der Waals surface area contributed by atoms with Crippen molar-refractivity contribution in [2.24, 2.45) is 16.8 Å². The molecule has 0 aromatic carbocycles. The number of carboxylic acid groups (broad SMARTS) is 1. The average molecular weight is 339 g/mol. The number of β-lactam (4-membered cyclic amide) rings is 1. The Kier molecular flexibility index (Phi) is 4.14. The van der Waals surface area contributed by atoms with Crippen molar-refractivity contribution in [1.82, 2.24) is 9.80 Å². The number of aliphatic imine (C=N–C) groups is 1. The normalized spacial score (nSPS) is 32.2. The van der Waals surface area contributed by atoms with Crippen LogP contribution in [-0.2, 0) is 9.59 Å². The highest BCUT2D eigenvalue weighted by atomic mass is 32.2. The van der Waals surface area contributed by atoms with E-state index in [2.05, 4.69) is 9.89 Å². The number of hydrogen-bond donors (Lipinski definition) is 2. The number of carbonyl (C=O) groups is 2. The molecule has 3 rings (SSSR count). The van der Waals surface area contributed by atoms with Crippen LogP contribution in [0.2, 0.25) is 0 Å². The number of nitrogens with zero attached hydrogens (tertiary/aromatic N) is 3. The van der Waals surface area contributed by atoms with Gasteiger partial charge in [0.05, 0.1) is 24.4 Å². The van der Waals surface area contributed by atoms with E-state index < -0.39 is 18.0 Å². The van der Waals surface area contributed by atoms with Crippen LogP contribution in [0.15, 0.2) is 15.6 Å². The van der Waals surface area contributed by atoms with Crippen molar-refractivity contribution in [2.75, 3.05) is 20.1 Å². The molecule has 0 radical (unpaired) electrons. The molecule has 1 amide bonds. The molecule has 2 saturated heterocycles. The number of carboxylic acids is 1. The second-order valence-corrected chi connectivity index (χ2v) is 7.68. The molecule has 4 atom stereocenters. The number of thioether (sulfide) groups is 1. The predicted octanol–water partition coefficient (Wildman–Crippen LogP) is 0.216. The van der Waals surface area contributed by atoms with E-state index in [1.54, 1.807) is 32.1 Å². The van der Waals surface area contributed by atoms with Crippen LogP contribution in [0.25, 0.3) is 0 Å². The number of hydrogen-bond acceptors (Lipinski definition) is 5. The van der Waals surface area contributed by atoms with E-state index in [0.29, 0.717) is 5.25 Å². The van der Waals surface area contributed by atoms with Gasteiger partial charge in [-0.3, -0.25) is 9.79 Å². The maximum absolute atomic E-state index is 12.2. The minimum absolute atomic E-state index is 0.0581. The molecule has 3 aliphatic heterocycles. The zero-order chi connectivity index (χ0) is 16.9. The van der Waals surface area contributed by atoms with Gasteiger partial charge >= 0.3 is 5.97 Å². The van der Waals surface area contributed by atoms with Gasteiger partial charge in [-0.2, -0.15) is 0 Å². The Morgan fingerprint density at radius 3 is 2.65 bits per heavy atom. The molecule has 2 N–H and O–H groups in total. The van der Waals surface area contributed by atoms with Crippen LogP contribution in [0.4, 0.5) is 0 Å². The van der Waals surface area contributed by atoms with Gasteiger partial charge in [0.1, 0.15) is 5.70 Å². The van der Waals surface area contributed by atoms with Gasteiger partial charge < -0.3 is 20.0 Å². The Bertz CT molecular complexity index is 598. The molecular weight excluding hydrogens is 318 g/mol. The molecule has 8 heteroatoms. The zero-order valence-electron chi connectivity index (χ0n) is 13.3. The lowest BCUT2D eigenvalue weighted by Crippen LogP contribution is -2.63. The molecule has 0 bridgehead atoms. The molecule has 2 fully saturated rings. The van der Waals surface area contributed by atoms with E-state index in [1.807, 2.05) is 6.92 Å². The molecule has 0 unspecified atom stereocenters. The highest BCUT2D eigenvalue weighted by molar-refractivity contribution is 8.03. The molecule has 23 heavy (non-hydrogen) atoms. The lowest BCUT2D eigenvalue weighted by atomic mass is 9.79. The topological polar surface area (TPSA) is 93.4 Å². The van der Waals surface area contributed by atoms with Crippen LogP contribution in [0, 0.1) is 11.8 Å². The molecule has 0 aromatic rings. The third-order valence-corrected chi connectivity index (χ3v) is 6.21. The van der Waals surface area contributed by atoms with Crippen LogP contribution in [0.3, 0.4) is 0 Å². The van der Waals surface area contributed by atoms with E-state index in [4.69, 9.17) is 0 Å². The highest BCUT2D eigenvalue weighted by Crippen LogP contribution is 2.51. The number of likely N-dealkylation sites (tertiary alicyclic amines) is 1. The van der Waals surface area contributed by atoms with Gasteiger partial charge in [-0.05, 0) is 6.92 Å². The summed E-state index contributed by atoms with van der Waals surface area (Å²) in [5.74, 6) is -1.90. The predicted molar refractivity (Wildman–Crippen MR) is 87.0 cm³/mol. The van der Waals surface area contributed by atoms with Crippen LogP contribution in [0.5, 0.6) is 0 Å². The first-order valence-corrected chi connectivity index (χ1v) is 8.56. The van der Waals surface area contributed by atoms with E-state index in [1.165, 1.54) is 4.90 Å². The summed E-state index contributed by atoms with van der Waals surface area (Å²) in [5, 5.41) is 19.7. The second-order valence-electron chi connectivity index (χ2n) is 6.34. The molecule has 0 spiro atoms. The summed E-state index contributed by atoms with van der Waals surface area (Å²) >= 11 is 1.55. The van der Waals surface area contributed by atoms with Gasteiger partial charge in [-0.15, -0.1) is 11.8 Å². The summed E-state index contributed by atoms with van der Waals surface area (Å²) in [4.78, 5) is 32.1. The van der Waals surface area contributed by atoms with E-state index >= 15 is 0 Å². The number of aliphatic hydroxyl groups is 1. The molecule has 3 aliphatic rings. The Morgan fingerprint density at radius 2 is 2.13 bits per heavy atom. The summed E-state index contributed by atoms with van der Waals surface area (Å²) in [7, 11) is 1.72. The average Bonchev–Trinajstić information content (AvgIpc) is 2.66. The first-order valence-electron chi connectivity index (χ1n) is 7.68. The number of rotatable bonds is 5. The first-order chi connectivity index (χ1) is 10.9. The van der Waals surface area contributed by atoms with E-state index in [0.717, 1.165) is 18.0 Å². The lowest BCUT2D eigenvalue weighted by Gasteiger charge is -2.46. The molecule has 126 valence electrons. The Labute approximate surface area is 139 Å². The molecule has 3 heterocycles. The minimum atomic E-state index is -1.06. The summed E-state index contributed by atoms with van der Waals surface area (Å²) in [6, 6.07) is -0.232. The maximum atomic E-state index is 12.2. The van der Waals surface area contributed by atoms with Gasteiger partial charge in [0.15, 0.2) is 0 Å². The van der Waals surface area contributed by atoms with Crippen molar-refractivity contribution >= 4 is 30.0 Å². The van der Waals surface area contributed by atoms with Crippen LogP contribution in [-0.4, -0.2) is 75.8 Å². The molecular formula is C15H21N3O4S. The number of fused-ring (bicyclic) bond motifs is 1. The Balaban J connectivity index is 1.79. The Morgan fingerprint density at radius 1 is 1.48 bits per heavy atom. The summed E-state index contributed by atoms with van der Waals surface area (Å²) in [5.41, 5.74) is 0.108. The maximum Gasteiger partial charge on any atom is 0.353 e. The number of carbonyl (C=O) groups excluding carboxylic acids is 1. The smallest absolute Gasteiger partial charge is 0.353 e. The van der Waals surface area contributed by atoms with Crippen LogP contribution in [0.1, 0.15) is 13.8 Å². The third-order valence-electron chi connectivity index (χ3n) is 4.76. The quantitative estimate of drug-likeness (QED) is 0.423. The third kappa shape index (κ3) is 2.44. The molecule has 0 saturated carbocycles. The minimum Gasteiger partial charge on any atom is -0.477 e. The monoisotopic (exact) mass is 339 g/mol. The first kappa shape index (κ1) is 16.3. The van der Waals surface area contributed by atoms with Gasteiger partial charge in [0.25, 0.3) is 0 Å². The molecule has 0 aliphatic carbocycles. The summed E-state index contributed by atoms with van der Waals surface area (Å²) in [6.07, 6.45) is 1.02. The van der Waals surface area contributed by atoms with Gasteiger partial charge in [0.2, 0.25) is 5.91 Å².